The number of hydrogen-bond donors (Lipinski definition) is 1. The summed E-state index contributed by atoms with van der Waals surface area (Å²) in [4.78, 5) is 28.0. The molecule has 36 heavy (non-hydrogen) atoms. The molecular formula is C27H28F2N6O. The van der Waals surface area contributed by atoms with Gasteiger partial charge in [-0.1, -0.05) is 12.1 Å². The lowest BCUT2D eigenvalue weighted by Crippen LogP contribution is -2.45. The molecule has 1 amide bonds. The van der Waals surface area contributed by atoms with Crippen molar-refractivity contribution in [2.45, 2.75) is 44.6 Å². The number of unbranched alkanes of at least 4 members (excludes halogenated alkanes) is 1. The second-order valence-electron chi connectivity index (χ2n) is 9.14. The molecule has 4 aromatic rings. The van der Waals surface area contributed by atoms with Crippen LogP contribution in [0.1, 0.15) is 37.7 Å². The van der Waals surface area contributed by atoms with Crippen LogP contribution in [0.5, 0.6) is 0 Å². The number of likely N-dealkylation sites (tertiary alicyclic amines) is 1. The zero-order chi connectivity index (χ0) is 24.9. The van der Waals surface area contributed by atoms with Crippen molar-refractivity contribution in [3.05, 3.63) is 78.3 Å². The standard InChI is InChI=1S/C27H28F2N6O/c28-20-9-7-19(8-10-20)4-1-2-6-26(36)34-15-3-5-22(18-34)32-24-13-14-30-27(33-24)23-16-31-25-12-11-21(29)17-35(23)25/h7-14,16-17,22H,1-6,15,18H2,(H,30,32,33). The van der Waals surface area contributed by atoms with E-state index in [0.29, 0.717) is 35.9 Å². The van der Waals surface area contributed by atoms with Gasteiger partial charge in [0.1, 0.15) is 28.8 Å². The first kappa shape index (κ1) is 23.8. The highest BCUT2D eigenvalue weighted by Crippen LogP contribution is 2.21. The molecule has 1 fully saturated rings. The van der Waals surface area contributed by atoms with Crippen LogP contribution in [0.2, 0.25) is 0 Å². The van der Waals surface area contributed by atoms with Crippen molar-refractivity contribution in [1.82, 2.24) is 24.3 Å². The molecule has 0 spiro atoms. The summed E-state index contributed by atoms with van der Waals surface area (Å²) in [6.45, 7) is 1.38. The minimum Gasteiger partial charge on any atom is -0.365 e. The molecule has 0 aliphatic carbocycles. The van der Waals surface area contributed by atoms with Crippen LogP contribution in [0, 0.1) is 11.6 Å². The Labute approximate surface area is 208 Å². The summed E-state index contributed by atoms with van der Waals surface area (Å²) in [6, 6.07) is 11.4. The highest BCUT2D eigenvalue weighted by atomic mass is 19.1. The zero-order valence-corrected chi connectivity index (χ0v) is 19.9. The van der Waals surface area contributed by atoms with E-state index in [-0.39, 0.29) is 23.6 Å². The van der Waals surface area contributed by atoms with Crippen LogP contribution in [0.3, 0.4) is 0 Å². The molecule has 1 N–H and O–H groups in total. The molecule has 0 bridgehead atoms. The van der Waals surface area contributed by atoms with Gasteiger partial charge in [-0.3, -0.25) is 9.20 Å². The van der Waals surface area contributed by atoms with Crippen molar-refractivity contribution in [3.8, 4) is 11.5 Å². The van der Waals surface area contributed by atoms with E-state index in [2.05, 4.69) is 20.3 Å². The van der Waals surface area contributed by atoms with E-state index in [4.69, 9.17) is 0 Å². The Balaban J connectivity index is 1.15. The zero-order valence-electron chi connectivity index (χ0n) is 19.9. The lowest BCUT2D eigenvalue weighted by molar-refractivity contribution is -0.132. The summed E-state index contributed by atoms with van der Waals surface area (Å²) in [7, 11) is 0. The van der Waals surface area contributed by atoms with Gasteiger partial charge in [0.05, 0.1) is 6.20 Å². The van der Waals surface area contributed by atoms with E-state index < -0.39 is 0 Å². The highest BCUT2D eigenvalue weighted by Gasteiger charge is 2.23. The molecule has 1 aromatic carbocycles. The summed E-state index contributed by atoms with van der Waals surface area (Å²) in [5.74, 6) is 0.675. The van der Waals surface area contributed by atoms with Gasteiger partial charge in [-0.05, 0) is 68.0 Å². The first-order valence-corrected chi connectivity index (χ1v) is 12.3. The summed E-state index contributed by atoms with van der Waals surface area (Å²) >= 11 is 0. The van der Waals surface area contributed by atoms with Crippen molar-refractivity contribution < 1.29 is 13.6 Å². The van der Waals surface area contributed by atoms with Crippen LogP contribution in [0.4, 0.5) is 14.6 Å². The van der Waals surface area contributed by atoms with E-state index in [0.717, 1.165) is 44.2 Å². The largest absolute Gasteiger partial charge is 0.365 e. The van der Waals surface area contributed by atoms with E-state index in [9.17, 15) is 13.6 Å². The Morgan fingerprint density at radius 2 is 1.86 bits per heavy atom. The number of carbonyl (C=O) groups excluding carboxylic acids is 1. The first-order valence-electron chi connectivity index (χ1n) is 12.3. The molecule has 186 valence electrons. The number of pyridine rings is 1. The predicted molar refractivity (Wildman–Crippen MR) is 133 cm³/mol. The van der Waals surface area contributed by atoms with Crippen LogP contribution in [0.15, 0.2) is 61.1 Å². The Hall–Kier alpha value is -3.88. The molecule has 1 saturated heterocycles. The number of amides is 1. The number of nitrogens with one attached hydrogen (secondary N) is 1. The number of halogens is 2. The molecule has 5 rings (SSSR count). The van der Waals surface area contributed by atoms with E-state index in [1.54, 1.807) is 41.1 Å². The second-order valence-corrected chi connectivity index (χ2v) is 9.14. The van der Waals surface area contributed by atoms with Crippen LogP contribution in [-0.2, 0) is 11.2 Å². The van der Waals surface area contributed by atoms with Crippen LogP contribution in [-0.4, -0.2) is 49.3 Å². The molecule has 1 aliphatic rings. The van der Waals surface area contributed by atoms with Gasteiger partial charge in [0.15, 0.2) is 5.82 Å². The Morgan fingerprint density at radius 3 is 2.72 bits per heavy atom. The molecule has 0 saturated carbocycles. The quantitative estimate of drug-likeness (QED) is 0.356. The molecule has 1 aliphatic heterocycles. The van der Waals surface area contributed by atoms with Crippen LogP contribution < -0.4 is 5.32 Å². The number of aryl methyl sites for hydroxylation is 1. The van der Waals surface area contributed by atoms with Crippen LogP contribution >= 0.6 is 0 Å². The van der Waals surface area contributed by atoms with Crippen molar-refractivity contribution in [2.75, 3.05) is 18.4 Å². The number of fused-ring (bicyclic) bond motifs is 1. The summed E-state index contributed by atoms with van der Waals surface area (Å²) < 4.78 is 28.4. The SMILES string of the molecule is O=C(CCCCc1ccc(F)cc1)N1CCCC(Nc2ccnc(-c3cnc4ccc(F)cn34)n2)C1. The topological polar surface area (TPSA) is 75.4 Å². The molecule has 3 aromatic heterocycles. The Morgan fingerprint density at radius 1 is 1.03 bits per heavy atom. The fourth-order valence-electron chi connectivity index (χ4n) is 4.63. The number of imidazole rings is 1. The lowest BCUT2D eigenvalue weighted by Gasteiger charge is -2.33. The number of nitrogens with zero attached hydrogens (tertiary/aromatic N) is 5. The number of aromatic nitrogens is 4. The summed E-state index contributed by atoms with van der Waals surface area (Å²) in [5.41, 5.74) is 2.31. The predicted octanol–water partition coefficient (Wildman–Crippen LogP) is 4.89. The lowest BCUT2D eigenvalue weighted by atomic mass is 10.0. The fraction of sp³-hybridized carbons (Fsp3) is 0.333. The molecule has 1 unspecified atom stereocenters. The number of anilines is 1. The van der Waals surface area contributed by atoms with Crippen molar-refractivity contribution in [2.24, 2.45) is 0 Å². The minimum absolute atomic E-state index is 0.0873. The van der Waals surface area contributed by atoms with Gasteiger partial charge in [0, 0.05) is 37.9 Å². The molecule has 9 heteroatoms. The monoisotopic (exact) mass is 490 g/mol. The minimum atomic E-state index is -0.363. The second kappa shape index (κ2) is 10.8. The van der Waals surface area contributed by atoms with Gasteiger partial charge >= 0.3 is 0 Å². The van der Waals surface area contributed by atoms with Crippen molar-refractivity contribution in [1.29, 1.82) is 0 Å². The third-order valence-electron chi connectivity index (χ3n) is 6.50. The number of hydrogen-bond acceptors (Lipinski definition) is 5. The van der Waals surface area contributed by atoms with Gasteiger partial charge in [-0.2, -0.15) is 0 Å². The molecule has 1 atom stereocenters. The average molecular weight is 491 g/mol. The maximum atomic E-state index is 13.7. The van der Waals surface area contributed by atoms with E-state index in [1.807, 2.05) is 4.90 Å². The van der Waals surface area contributed by atoms with E-state index >= 15 is 0 Å². The Kier molecular flexibility index (Phi) is 7.16. The van der Waals surface area contributed by atoms with Gasteiger partial charge in [-0.15, -0.1) is 0 Å². The maximum Gasteiger partial charge on any atom is 0.222 e. The summed E-state index contributed by atoms with van der Waals surface area (Å²) in [6.07, 6.45) is 9.57. The van der Waals surface area contributed by atoms with Gasteiger partial charge in [0.25, 0.3) is 0 Å². The number of piperidine rings is 1. The molecule has 4 heterocycles. The number of benzene rings is 1. The average Bonchev–Trinajstić information content (AvgIpc) is 3.31. The third-order valence-corrected chi connectivity index (χ3v) is 6.50. The maximum absolute atomic E-state index is 13.7. The first-order chi connectivity index (χ1) is 17.5. The fourth-order valence-corrected chi connectivity index (χ4v) is 4.63. The van der Waals surface area contributed by atoms with E-state index in [1.165, 1.54) is 24.4 Å². The Bertz CT molecular complexity index is 1340. The van der Waals surface area contributed by atoms with Gasteiger partial charge < -0.3 is 10.2 Å². The summed E-state index contributed by atoms with van der Waals surface area (Å²) in [5, 5.41) is 3.44. The smallest absolute Gasteiger partial charge is 0.222 e. The normalized spacial score (nSPS) is 15.8. The highest BCUT2D eigenvalue weighted by molar-refractivity contribution is 5.76. The van der Waals surface area contributed by atoms with Crippen molar-refractivity contribution >= 4 is 17.4 Å². The molecule has 0 radical (unpaired) electrons. The molecule has 7 nitrogen and oxygen atoms in total. The number of rotatable bonds is 8. The van der Waals surface area contributed by atoms with Crippen molar-refractivity contribution in [3.63, 3.8) is 0 Å². The van der Waals surface area contributed by atoms with Gasteiger partial charge in [0.2, 0.25) is 5.91 Å². The third kappa shape index (κ3) is 5.67. The molecular weight excluding hydrogens is 462 g/mol. The number of carbonyl (C=O) groups is 1. The van der Waals surface area contributed by atoms with Gasteiger partial charge in [-0.25, -0.2) is 23.7 Å². The van der Waals surface area contributed by atoms with Crippen LogP contribution in [0.25, 0.3) is 17.2 Å².